The van der Waals surface area contributed by atoms with Gasteiger partial charge in [-0.3, -0.25) is 4.68 Å². The lowest BCUT2D eigenvalue weighted by atomic mass is 9.90. The van der Waals surface area contributed by atoms with Crippen LogP contribution in [0.5, 0.6) is 0 Å². The summed E-state index contributed by atoms with van der Waals surface area (Å²) in [7, 11) is 1.63. The minimum atomic E-state index is -0.465. The van der Waals surface area contributed by atoms with Crippen LogP contribution in [0, 0.1) is 25.5 Å². The third-order valence-electron chi connectivity index (χ3n) is 5.23. The van der Waals surface area contributed by atoms with Gasteiger partial charge in [0, 0.05) is 26.1 Å². The number of halogens is 2. The molecule has 0 aliphatic carbocycles. The van der Waals surface area contributed by atoms with Crippen molar-refractivity contribution in [2.24, 2.45) is 0 Å². The van der Waals surface area contributed by atoms with Crippen LogP contribution in [0.1, 0.15) is 35.7 Å². The Morgan fingerprint density at radius 3 is 2.89 bits per heavy atom. The second-order valence-electron chi connectivity index (χ2n) is 7.14. The third kappa shape index (κ3) is 4.32. The number of aromatic nitrogens is 2. The van der Waals surface area contributed by atoms with Gasteiger partial charge in [0.05, 0.1) is 30.2 Å². The fourth-order valence-corrected chi connectivity index (χ4v) is 3.70. The van der Waals surface area contributed by atoms with Gasteiger partial charge in [0.25, 0.3) is 0 Å². The number of amides is 2. The topological polar surface area (TPSA) is 59.4 Å². The summed E-state index contributed by atoms with van der Waals surface area (Å²) in [4.78, 5) is 14.5. The zero-order valence-corrected chi connectivity index (χ0v) is 16.5. The number of hydrogen-bond donors (Lipinski definition) is 1. The molecule has 28 heavy (non-hydrogen) atoms. The number of urea groups is 1. The van der Waals surface area contributed by atoms with Crippen molar-refractivity contribution in [3.05, 3.63) is 46.8 Å². The summed E-state index contributed by atoms with van der Waals surface area (Å²) in [6.45, 7) is 5.79. The Hall–Kier alpha value is -2.48. The Labute approximate surface area is 163 Å². The number of methoxy groups -OCH3 is 1. The predicted octanol–water partition coefficient (Wildman–Crippen LogP) is 3.84. The lowest BCUT2D eigenvalue weighted by Crippen LogP contribution is -2.42. The number of carbonyl (C=O) groups excluding carboxylic acids is 1. The molecular weight excluding hydrogens is 366 g/mol. The van der Waals surface area contributed by atoms with Gasteiger partial charge in [-0.1, -0.05) is 0 Å². The number of nitrogens with zero attached hydrogens (tertiary/aromatic N) is 3. The number of ether oxygens (including phenoxy) is 1. The Balaban J connectivity index is 1.71. The Morgan fingerprint density at radius 1 is 1.36 bits per heavy atom. The first-order valence-corrected chi connectivity index (χ1v) is 9.44. The van der Waals surface area contributed by atoms with E-state index in [1.165, 1.54) is 6.07 Å². The molecule has 3 rings (SSSR count). The van der Waals surface area contributed by atoms with E-state index in [4.69, 9.17) is 4.74 Å². The summed E-state index contributed by atoms with van der Waals surface area (Å²) < 4.78 is 34.6. The molecule has 2 aromatic rings. The Morgan fingerprint density at radius 2 is 2.14 bits per heavy atom. The standard InChI is InChI=1S/C20H26F2N4O2/c1-13-19(14(2)26(24-13)9-10-28-3)23-20(27)25-8-4-5-15(12-25)17-11-16(21)6-7-18(17)22/h6-7,11,15H,4-5,8-10,12H2,1-3H3,(H,23,27)/t15-/m1/s1. The number of benzene rings is 1. The quantitative estimate of drug-likeness (QED) is 0.841. The normalized spacial score (nSPS) is 17.0. The summed E-state index contributed by atoms with van der Waals surface area (Å²) in [5.74, 6) is -1.12. The molecule has 0 bridgehead atoms. The van der Waals surface area contributed by atoms with Crippen LogP contribution in [0.2, 0.25) is 0 Å². The monoisotopic (exact) mass is 392 g/mol. The van der Waals surface area contributed by atoms with Crippen LogP contribution < -0.4 is 5.32 Å². The summed E-state index contributed by atoms with van der Waals surface area (Å²) >= 11 is 0. The van der Waals surface area contributed by atoms with Gasteiger partial charge in [0.2, 0.25) is 0 Å². The largest absolute Gasteiger partial charge is 0.383 e. The van der Waals surface area contributed by atoms with Crippen LogP contribution in [0.25, 0.3) is 0 Å². The smallest absolute Gasteiger partial charge is 0.321 e. The van der Waals surface area contributed by atoms with Crippen molar-refractivity contribution in [2.45, 2.75) is 39.2 Å². The molecule has 0 unspecified atom stereocenters. The zero-order chi connectivity index (χ0) is 20.3. The van der Waals surface area contributed by atoms with E-state index in [0.717, 1.165) is 36.4 Å². The van der Waals surface area contributed by atoms with Crippen molar-refractivity contribution in [1.29, 1.82) is 0 Å². The zero-order valence-electron chi connectivity index (χ0n) is 16.5. The van der Waals surface area contributed by atoms with Crippen molar-refractivity contribution < 1.29 is 18.3 Å². The molecule has 0 spiro atoms. The van der Waals surface area contributed by atoms with Crippen LogP contribution in [0.3, 0.4) is 0 Å². The maximum Gasteiger partial charge on any atom is 0.321 e. The number of anilines is 1. The third-order valence-corrected chi connectivity index (χ3v) is 5.23. The number of nitrogens with one attached hydrogen (secondary N) is 1. The van der Waals surface area contributed by atoms with Crippen LogP contribution >= 0.6 is 0 Å². The van der Waals surface area contributed by atoms with E-state index in [0.29, 0.717) is 37.5 Å². The molecule has 0 saturated carbocycles. The lowest BCUT2D eigenvalue weighted by Gasteiger charge is -2.33. The summed E-state index contributed by atoms with van der Waals surface area (Å²) in [5.41, 5.74) is 2.59. The molecular formula is C20H26F2N4O2. The molecule has 1 aliphatic heterocycles. The highest BCUT2D eigenvalue weighted by Crippen LogP contribution is 2.30. The van der Waals surface area contributed by atoms with Gasteiger partial charge in [-0.05, 0) is 50.5 Å². The predicted molar refractivity (Wildman–Crippen MR) is 103 cm³/mol. The SMILES string of the molecule is COCCn1nc(C)c(NC(=O)N2CCC[C@@H](c3cc(F)ccc3F)C2)c1C. The molecule has 1 saturated heterocycles. The van der Waals surface area contributed by atoms with Gasteiger partial charge in [0.1, 0.15) is 11.6 Å². The molecule has 152 valence electrons. The maximum atomic E-state index is 14.1. The molecule has 1 atom stereocenters. The number of carbonyl (C=O) groups is 1. The van der Waals surface area contributed by atoms with E-state index in [2.05, 4.69) is 10.4 Å². The first-order valence-electron chi connectivity index (χ1n) is 9.44. The minimum absolute atomic E-state index is 0.221. The van der Waals surface area contributed by atoms with Crippen molar-refractivity contribution >= 4 is 11.7 Å². The number of hydrogen-bond acceptors (Lipinski definition) is 3. The van der Waals surface area contributed by atoms with Crippen molar-refractivity contribution in [3.63, 3.8) is 0 Å². The van der Waals surface area contributed by atoms with Crippen molar-refractivity contribution in [2.75, 3.05) is 32.1 Å². The van der Waals surface area contributed by atoms with E-state index in [-0.39, 0.29) is 11.9 Å². The van der Waals surface area contributed by atoms with E-state index < -0.39 is 11.6 Å². The molecule has 8 heteroatoms. The molecule has 2 amide bonds. The first-order chi connectivity index (χ1) is 13.4. The summed E-state index contributed by atoms with van der Waals surface area (Å²) in [5, 5.41) is 7.38. The molecule has 1 aromatic carbocycles. The average Bonchev–Trinajstić information content (AvgIpc) is 2.95. The Kier molecular flexibility index (Phi) is 6.28. The second kappa shape index (κ2) is 8.68. The van der Waals surface area contributed by atoms with E-state index in [1.54, 1.807) is 16.7 Å². The molecule has 2 heterocycles. The highest BCUT2D eigenvalue weighted by atomic mass is 19.1. The highest BCUT2D eigenvalue weighted by molar-refractivity contribution is 5.90. The van der Waals surface area contributed by atoms with Gasteiger partial charge in [0.15, 0.2) is 0 Å². The molecule has 1 aliphatic rings. The summed E-state index contributed by atoms with van der Waals surface area (Å²) in [6.07, 6.45) is 1.45. The lowest BCUT2D eigenvalue weighted by molar-refractivity contribution is 0.182. The van der Waals surface area contributed by atoms with Crippen molar-refractivity contribution in [3.8, 4) is 0 Å². The number of aryl methyl sites for hydroxylation is 1. The molecule has 1 aromatic heterocycles. The summed E-state index contributed by atoms with van der Waals surface area (Å²) in [6, 6.07) is 3.23. The molecule has 6 nitrogen and oxygen atoms in total. The van der Waals surface area contributed by atoms with Gasteiger partial charge in [-0.15, -0.1) is 0 Å². The Bertz CT molecular complexity index is 853. The maximum absolute atomic E-state index is 14.1. The van der Waals surface area contributed by atoms with E-state index >= 15 is 0 Å². The van der Waals surface area contributed by atoms with Gasteiger partial charge in [-0.2, -0.15) is 5.10 Å². The van der Waals surface area contributed by atoms with Gasteiger partial charge >= 0.3 is 6.03 Å². The molecule has 1 fully saturated rings. The van der Waals surface area contributed by atoms with Gasteiger partial charge in [-0.25, -0.2) is 13.6 Å². The van der Waals surface area contributed by atoms with Crippen LogP contribution in [0.15, 0.2) is 18.2 Å². The molecule has 0 radical (unpaired) electrons. The van der Waals surface area contributed by atoms with Crippen molar-refractivity contribution in [1.82, 2.24) is 14.7 Å². The van der Waals surface area contributed by atoms with Crippen LogP contribution in [0.4, 0.5) is 19.3 Å². The number of piperidine rings is 1. The minimum Gasteiger partial charge on any atom is -0.383 e. The van der Waals surface area contributed by atoms with E-state index in [9.17, 15) is 13.6 Å². The molecule has 1 N–H and O–H groups in total. The number of likely N-dealkylation sites (tertiary alicyclic amines) is 1. The van der Waals surface area contributed by atoms with Crippen LogP contribution in [-0.4, -0.2) is 47.5 Å². The van der Waals surface area contributed by atoms with E-state index in [1.807, 2.05) is 13.8 Å². The van der Waals surface area contributed by atoms with Crippen LogP contribution in [-0.2, 0) is 11.3 Å². The fourth-order valence-electron chi connectivity index (χ4n) is 3.70. The number of rotatable bonds is 5. The fraction of sp³-hybridized carbons (Fsp3) is 0.500. The first kappa shape index (κ1) is 20.3. The average molecular weight is 392 g/mol. The second-order valence-corrected chi connectivity index (χ2v) is 7.14. The van der Waals surface area contributed by atoms with Gasteiger partial charge < -0.3 is 15.0 Å². The highest BCUT2D eigenvalue weighted by Gasteiger charge is 2.27.